The van der Waals surface area contributed by atoms with Gasteiger partial charge in [-0.25, -0.2) is 14.2 Å². The lowest BCUT2D eigenvalue weighted by atomic mass is 10.3. The number of carbonyl (C=O) groups excluding carboxylic acids is 1. The van der Waals surface area contributed by atoms with E-state index in [1.807, 2.05) is 0 Å². The summed E-state index contributed by atoms with van der Waals surface area (Å²) in [6.07, 6.45) is 0. The molecule has 128 valence electrons. The van der Waals surface area contributed by atoms with E-state index in [-0.39, 0.29) is 24.5 Å². The highest BCUT2D eigenvalue weighted by Gasteiger charge is 2.09. The Kier molecular flexibility index (Phi) is 4.74. The van der Waals surface area contributed by atoms with Crippen LogP contribution in [0.2, 0.25) is 0 Å². The number of aromatic nitrogens is 2. The quantitative estimate of drug-likeness (QED) is 0.665. The Morgan fingerprint density at radius 3 is 2.80 bits per heavy atom. The average Bonchev–Trinajstić information content (AvgIpc) is 2.58. The first-order chi connectivity index (χ1) is 12.0. The SMILES string of the molecule is Cc1cccc2nc(COC(=O)COc3cccc(F)c3)cc(=O)n12. The molecule has 0 atom stereocenters. The minimum atomic E-state index is -0.643. The second-order valence-corrected chi connectivity index (χ2v) is 5.35. The lowest BCUT2D eigenvalue weighted by molar-refractivity contribution is -0.147. The van der Waals surface area contributed by atoms with Crippen molar-refractivity contribution >= 4 is 11.6 Å². The molecule has 0 aliphatic carbocycles. The standard InChI is InChI=1S/C18H15FN2O4/c1-12-4-2-7-16-20-14(9-17(22)21(12)16)10-25-18(23)11-24-15-6-3-5-13(19)8-15/h2-9H,10-11H2,1H3. The molecule has 0 radical (unpaired) electrons. The van der Waals surface area contributed by atoms with Gasteiger partial charge in [0.15, 0.2) is 6.61 Å². The summed E-state index contributed by atoms with van der Waals surface area (Å²) < 4.78 is 24.7. The van der Waals surface area contributed by atoms with Crippen molar-refractivity contribution in [2.45, 2.75) is 13.5 Å². The van der Waals surface area contributed by atoms with Crippen LogP contribution >= 0.6 is 0 Å². The summed E-state index contributed by atoms with van der Waals surface area (Å²) in [6, 6.07) is 12.1. The van der Waals surface area contributed by atoms with E-state index in [2.05, 4.69) is 4.98 Å². The highest BCUT2D eigenvalue weighted by Crippen LogP contribution is 2.12. The Hall–Kier alpha value is -3.22. The summed E-state index contributed by atoms with van der Waals surface area (Å²) in [5.74, 6) is -0.869. The zero-order valence-electron chi connectivity index (χ0n) is 13.4. The normalized spacial score (nSPS) is 10.6. The minimum absolute atomic E-state index is 0.148. The molecule has 0 aliphatic rings. The molecule has 0 N–H and O–H groups in total. The summed E-state index contributed by atoms with van der Waals surface area (Å²) in [5.41, 5.74) is 1.34. The summed E-state index contributed by atoms with van der Waals surface area (Å²) in [6.45, 7) is 1.29. The average molecular weight is 342 g/mol. The third-order valence-corrected chi connectivity index (χ3v) is 3.47. The number of nitrogens with zero attached hydrogens (tertiary/aromatic N) is 2. The van der Waals surface area contributed by atoms with Crippen LogP contribution in [0.5, 0.6) is 5.75 Å². The van der Waals surface area contributed by atoms with Gasteiger partial charge in [-0.2, -0.15) is 0 Å². The molecule has 25 heavy (non-hydrogen) atoms. The number of esters is 1. The Labute approximate surface area is 142 Å². The van der Waals surface area contributed by atoms with Crippen LogP contribution in [0, 0.1) is 12.7 Å². The van der Waals surface area contributed by atoms with Gasteiger partial charge >= 0.3 is 5.97 Å². The lowest BCUT2D eigenvalue weighted by Gasteiger charge is -2.08. The molecule has 0 aliphatic heterocycles. The van der Waals surface area contributed by atoms with Gasteiger partial charge in [0, 0.05) is 17.8 Å². The Bertz CT molecular complexity index is 984. The third-order valence-electron chi connectivity index (χ3n) is 3.47. The van der Waals surface area contributed by atoms with Crippen LogP contribution in [0.1, 0.15) is 11.4 Å². The third kappa shape index (κ3) is 4.00. The van der Waals surface area contributed by atoms with E-state index in [1.54, 1.807) is 25.1 Å². The molecule has 0 unspecified atom stereocenters. The van der Waals surface area contributed by atoms with E-state index < -0.39 is 11.8 Å². The number of ether oxygens (including phenoxy) is 2. The molecule has 3 rings (SSSR count). The number of carbonyl (C=O) groups is 1. The van der Waals surface area contributed by atoms with E-state index in [0.29, 0.717) is 11.3 Å². The van der Waals surface area contributed by atoms with E-state index in [1.165, 1.54) is 34.7 Å². The first kappa shape index (κ1) is 16.6. The van der Waals surface area contributed by atoms with E-state index in [0.717, 1.165) is 5.69 Å². The number of hydrogen-bond acceptors (Lipinski definition) is 5. The van der Waals surface area contributed by atoms with Crippen LogP contribution in [-0.4, -0.2) is 22.0 Å². The van der Waals surface area contributed by atoms with E-state index >= 15 is 0 Å². The number of benzene rings is 1. The van der Waals surface area contributed by atoms with Gasteiger partial charge in [0.2, 0.25) is 0 Å². The largest absolute Gasteiger partial charge is 0.482 e. The molecular formula is C18H15FN2O4. The first-order valence-electron chi connectivity index (χ1n) is 7.55. The second kappa shape index (κ2) is 7.12. The fourth-order valence-electron chi connectivity index (χ4n) is 2.33. The van der Waals surface area contributed by atoms with Crippen molar-refractivity contribution in [3.8, 4) is 5.75 Å². The molecule has 0 saturated carbocycles. The highest BCUT2D eigenvalue weighted by atomic mass is 19.1. The van der Waals surface area contributed by atoms with Crippen LogP contribution in [0.3, 0.4) is 0 Å². The fraction of sp³-hybridized carbons (Fsp3) is 0.167. The van der Waals surface area contributed by atoms with Crippen molar-refractivity contribution in [2.24, 2.45) is 0 Å². The molecule has 6 nitrogen and oxygen atoms in total. The zero-order chi connectivity index (χ0) is 17.8. The van der Waals surface area contributed by atoms with Crippen LogP contribution in [-0.2, 0) is 16.1 Å². The molecule has 7 heteroatoms. The maximum Gasteiger partial charge on any atom is 0.344 e. The van der Waals surface area contributed by atoms with Gasteiger partial charge < -0.3 is 9.47 Å². The van der Waals surface area contributed by atoms with Crippen molar-refractivity contribution in [1.29, 1.82) is 0 Å². The van der Waals surface area contributed by atoms with Crippen LogP contribution in [0.15, 0.2) is 53.3 Å². The van der Waals surface area contributed by atoms with Crippen molar-refractivity contribution in [2.75, 3.05) is 6.61 Å². The van der Waals surface area contributed by atoms with Crippen molar-refractivity contribution in [1.82, 2.24) is 9.38 Å². The molecule has 2 heterocycles. The van der Waals surface area contributed by atoms with Gasteiger partial charge in [-0.1, -0.05) is 12.1 Å². The van der Waals surface area contributed by atoms with Gasteiger partial charge in [0.1, 0.15) is 23.8 Å². The monoisotopic (exact) mass is 342 g/mol. The number of hydrogen-bond donors (Lipinski definition) is 0. The Morgan fingerprint density at radius 2 is 2.00 bits per heavy atom. The van der Waals surface area contributed by atoms with Gasteiger partial charge in [0.25, 0.3) is 5.56 Å². The number of rotatable bonds is 5. The number of fused-ring (bicyclic) bond motifs is 1. The Balaban J connectivity index is 1.62. The van der Waals surface area contributed by atoms with Crippen LogP contribution in [0.25, 0.3) is 5.65 Å². The maximum absolute atomic E-state index is 13.0. The summed E-state index contributed by atoms with van der Waals surface area (Å²) in [7, 11) is 0. The second-order valence-electron chi connectivity index (χ2n) is 5.35. The maximum atomic E-state index is 13.0. The molecule has 1 aromatic carbocycles. The molecule has 2 aromatic heterocycles. The van der Waals surface area contributed by atoms with Crippen LogP contribution in [0.4, 0.5) is 4.39 Å². The van der Waals surface area contributed by atoms with Gasteiger partial charge in [-0.05, 0) is 31.2 Å². The Morgan fingerprint density at radius 1 is 1.20 bits per heavy atom. The smallest absolute Gasteiger partial charge is 0.344 e. The zero-order valence-corrected chi connectivity index (χ0v) is 13.4. The number of pyridine rings is 1. The molecule has 0 bridgehead atoms. The van der Waals surface area contributed by atoms with E-state index in [4.69, 9.17) is 9.47 Å². The predicted molar refractivity (Wildman–Crippen MR) is 87.9 cm³/mol. The summed E-state index contributed by atoms with van der Waals surface area (Å²) in [4.78, 5) is 28.1. The summed E-state index contributed by atoms with van der Waals surface area (Å²) in [5, 5.41) is 0. The molecule has 0 amide bonds. The van der Waals surface area contributed by atoms with E-state index in [9.17, 15) is 14.0 Å². The molecule has 0 saturated heterocycles. The number of aryl methyl sites for hydroxylation is 1. The highest BCUT2D eigenvalue weighted by molar-refractivity contribution is 5.71. The van der Waals surface area contributed by atoms with Crippen molar-refractivity contribution in [3.63, 3.8) is 0 Å². The lowest BCUT2D eigenvalue weighted by Crippen LogP contribution is -2.19. The molecule has 0 fully saturated rings. The van der Waals surface area contributed by atoms with Gasteiger partial charge in [-0.3, -0.25) is 9.20 Å². The number of halogens is 1. The van der Waals surface area contributed by atoms with Crippen molar-refractivity contribution in [3.05, 3.63) is 76.1 Å². The molecule has 0 spiro atoms. The van der Waals surface area contributed by atoms with Gasteiger partial charge in [0.05, 0.1) is 5.69 Å². The minimum Gasteiger partial charge on any atom is -0.482 e. The van der Waals surface area contributed by atoms with Crippen LogP contribution < -0.4 is 10.3 Å². The topological polar surface area (TPSA) is 69.9 Å². The van der Waals surface area contributed by atoms with Gasteiger partial charge in [-0.15, -0.1) is 0 Å². The first-order valence-corrected chi connectivity index (χ1v) is 7.55. The predicted octanol–water partition coefficient (Wildman–Crippen LogP) is 2.26. The summed E-state index contributed by atoms with van der Waals surface area (Å²) >= 11 is 0. The van der Waals surface area contributed by atoms with Crippen molar-refractivity contribution < 1.29 is 18.7 Å². The molecular weight excluding hydrogens is 327 g/mol. The fourth-order valence-corrected chi connectivity index (χ4v) is 2.33. The molecule has 3 aromatic rings.